The summed E-state index contributed by atoms with van der Waals surface area (Å²) in [5.74, 6) is -0.0927. The lowest BCUT2D eigenvalue weighted by molar-refractivity contribution is -0.428. The number of benzene rings is 2. The van der Waals surface area contributed by atoms with E-state index < -0.39 is 0 Å². The number of piperidine rings is 1. The van der Waals surface area contributed by atoms with Gasteiger partial charge in [-0.3, -0.25) is 9.59 Å². The number of likely N-dealkylation sites (tertiary alicyclic amines) is 1. The van der Waals surface area contributed by atoms with E-state index in [1.165, 1.54) is 20.0 Å². The molecule has 174 valence electrons. The maximum atomic E-state index is 14.3. The number of ketones is 1. The van der Waals surface area contributed by atoms with Crippen molar-refractivity contribution in [2.75, 3.05) is 25.5 Å². The van der Waals surface area contributed by atoms with E-state index >= 15 is 0 Å². The van der Waals surface area contributed by atoms with Crippen LogP contribution >= 0.6 is 0 Å². The van der Waals surface area contributed by atoms with Gasteiger partial charge in [-0.2, -0.15) is 0 Å². The normalized spacial score (nSPS) is 16.5. The zero-order valence-corrected chi connectivity index (χ0v) is 19.3. The third kappa shape index (κ3) is 5.64. The number of nitrogens with one attached hydrogen (secondary N) is 1. The van der Waals surface area contributed by atoms with Crippen LogP contribution in [0.4, 0.5) is 15.8 Å². The van der Waals surface area contributed by atoms with Crippen LogP contribution < -0.4 is 5.32 Å². The van der Waals surface area contributed by atoms with Crippen LogP contribution in [0, 0.1) is 16.6 Å². The van der Waals surface area contributed by atoms with Crippen LogP contribution in [-0.4, -0.2) is 47.5 Å². The zero-order valence-electron chi connectivity index (χ0n) is 19.3. The maximum Gasteiger partial charge on any atom is 0.256 e. The van der Waals surface area contributed by atoms with E-state index in [1.807, 2.05) is 11.0 Å². The Kier molecular flexibility index (Phi) is 6.86. The molecule has 0 atom stereocenters. The summed E-state index contributed by atoms with van der Waals surface area (Å²) in [6.07, 6.45) is 5.40. The van der Waals surface area contributed by atoms with Crippen molar-refractivity contribution in [3.63, 3.8) is 0 Å². The van der Waals surface area contributed by atoms with Gasteiger partial charge < -0.3 is 10.2 Å². The summed E-state index contributed by atoms with van der Waals surface area (Å²) in [7, 11) is 1.43. The summed E-state index contributed by atoms with van der Waals surface area (Å²) in [6, 6.07) is 10.4. The Morgan fingerprint density at radius 1 is 1.09 bits per heavy atom. The molecular formula is C26H31FN3O3+. The molecule has 1 saturated heterocycles. The maximum absolute atomic E-state index is 14.3. The van der Waals surface area contributed by atoms with Crippen LogP contribution in [0.15, 0.2) is 36.4 Å². The highest BCUT2D eigenvalue weighted by Gasteiger charge is 2.29. The Labute approximate surface area is 193 Å². The number of carbonyl (C=O) groups is 2. The average Bonchev–Trinajstić information content (AvgIpc) is 3.62. The van der Waals surface area contributed by atoms with Crippen molar-refractivity contribution in [3.8, 4) is 0 Å². The van der Waals surface area contributed by atoms with Crippen molar-refractivity contribution in [2.24, 2.45) is 5.92 Å². The van der Waals surface area contributed by atoms with E-state index in [1.54, 1.807) is 24.3 Å². The second kappa shape index (κ2) is 9.81. The first-order valence-corrected chi connectivity index (χ1v) is 11.7. The van der Waals surface area contributed by atoms with Crippen LogP contribution in [0.3, 0.4) is 0 Å². The molecule has 4 rings (SSSR count). The Hall–Kier alpha value is -3.09. The van der Waals surface area contributed by atoms with Crippen molar-refractivity contribution in [1.29, 1.82) is 0 Å². The molecule has 0 spiro atoms. The van der Waals surface area contributed by atoms with Gasteiger partial charge in [-0.15, -0.1) is 0 Å². The number of amides is 1. The van der Waals surface area contributed by atoms with E-state index in [9.17, 15) is 18.9 Å². The fourth-order valence-electron chi connectivity index (χ4n) is 4.40. The molecule has 0 bridgehead atoms. The third-order valence-electron chi connectivity index (χ3n) is 6.72. The summed E-state index contributed by atoms with van der Waals surface area (Å²) in [4.78, 5) is 38.4. The first-order valence-electron chi connectivity index (χ1n) is 11.7. The van der Waals surface area contributed by atoms with E-state index in [4.69, 9.17) is 0 Å². The number of Topliss-reactive ketones (excluding diaryl/α,β-unsaturated/α-hetero) is 1. The van der Waals surface area contributed by atoms with Gasteiger partial charge in [0, 0.05) is 52.2 Å². The lowest BCUT2D eigenvalue weighted by Crippen LogP contribution is -2.39. The second-order valence-corrected chi connectivity index (χ2v) is 9.28. The minimum atomic E-state index is -0.325. The molecule has 0 radical (unpaired) electrons. The zero-order chi connectivity index (χ0) is 23.5. The molecule has 1 N–H and O–H groups in total. The average molecular weight is 453 g/mol. The standard InChI is InChI=1S/C26H30FN3O3/c1-17(31)20-6-5-19(24(27)15-20)4-3-18-11-13-30(14-12-18)26(32)23-16-22(29(2)33)9-10-25(23)28-21-7-8-21/h5-6,9-10,15-16,18,21H,3-4,7-8,11-14H2,1-2H3/p+1. The molecule has 2 aliphatic rings. The SMILES string of the molecule is CC(=O)c1ccc(CCC2CCN(C(=O)c3cc([N+](C)=O)ccc3NC3CC3)CC2)c(F)c1. The third-order valence-corrected chi connectivity index (χ3v) is 6.72. The highest BCUT2D eigenvalue weighted by molar-refractivity contribution is 6.00. The summed E-state index contributed by atoms with van der Waals surface area (Å²) in [6.45, 7) is 2.73. The summed E-state index contributed by atoms with van der Waals surface area (Å²) in [5.41, 5.74) is 2.83. The second-order valence-electron chi connectivity index (χ2n) is 9.28. The van der Waals surface area contributed by atoms with E-state index in [0.29, 0.717) is 53.8 Å². The smallest absolute Gasteiger partial charge is 0.256 e. The molecule has 2 fully saturated rings. The largest absolute Gasteiger partial charge is 0.382 e. The molecule has 1 aliphatic carbocycles. The molecule has 7 heteroatoms. The number of anilines is 1. The lowest BCUT2D eigenvalue weighted by Gasteiger charge is -2.32. The molecule has 0 aromatic heterocycles. The Bertz CT molecular complexity index is 1070. The highest BCUT2D eigenvalue weighted by Crippen LogP contribution is 2.31. The monoisotopic (exact) mass is 452 g/mol. The Morgan fingerprint density at radius 3 is 2.42 bits per heavy atom. The van der Waals surface area contributed by atoms with Crippen molar-refractivity contribution < 1.29 is 18.7 Å². The minimum Gasteiger partial charge on any atom is -0.382 e. The van der Waals surface area contributed by atoms with Crippen LogP contribution in [-0.2, 0) is 6.42 Å². The van der Waals surface area contributed by atoms with Crippen LogP contribution in [0.1, 0.15) is 65.3 Å². The van der Waals surface area contributed by atoms with Gasteiger partial charge in [-0.05, 0) is 69.1 Å². The van der Waals surface area contributed by atoms with Crippen LogP contribution in [0.5, 0.6) is 0 Å². The predicted octanol–water partition coefficient (Wildman–Crippen LogP) is 5.13. The van der Waals surface area contributed by atoms with Gasteiger partial charge in [-0.1, -0.05) is 12.1 Å². The highest BCUT2D eigenvalue weighted by atomic mass is 19.1. The van der Waals surface area contributed by atoms with Gasteiger partial charge >= 0.3 is 0 Å². The molecule has 6 nitrogen and oxygen atoms in total. The lowest BCUT2D eigenvalue weighted by atomic mass is 9.90. The minimum absolute atomic E-state index is 0.0498. The van der Waals surface area contributed by atoms with E-state index in [2.05, 4.69) is 5.32 Å². The van der Waals surface area contributed by atoms with Gasteiger partial charge in [0.1, 0.15) is 5.82 Å². The molecule has 2 aromatic rings. The molecule has 1 heterocycles. The number of nitrogens with zero attached hydrogens (tertiary/aromatic N) is 2. The van der Waals surface area contributed by atoms with Gasteiger partial charge in [0.25, 0.3) is 11.6 Å². The molecule has 33 heavy (non-hydrogen) atoms. The topological polar surface area (TPSA) is 69.5 Å². The first kappa shape index (κ1) is 23.1. The molecule has 0 unspecified atom stereocenters. The molecule has 2 aromatic carbocycles. The van der Waals surface area contributed by atoms with Gasteiger partial charge in [0.05, 0.1) is 5.56 Å². The van der Waals surface area contributed by atoms with Crippen molar-refractivity contribution >= 4 is 23.1 Å². The number of halogens is 1. The molecule has 1 saturated carbocycles. The fraction of sp³-hybridized carbons (Fsp3) is 0.462. The first-order chi connectivity index (χ1) is 15.8. The summed E-state index contributed by atoms with van der Waals surface area (Å²) < 4.78 is 15.1. The van der Waals surface area contributed by atoms with Crippen molar-refractivity contribution in [3.05, 3.63) is 63.8 Å². The molecule has 1 aliphatic heterocycles. The molecular weight excluding hydrogens is 421 g/mol. The van der Waals surface area contributed by atoms with Crippen LogP contribution in [0.2, 0.25) is 0 Å². The summed E-state index contributed by atoms with van der Waals surface area (Å²) >= 11 is 0. The summed E-state index contributed by atoms with van der Waals surface area (Å²) in [5, 5.41) is 3.41. The number of aryl methyl sites for hydroxylation is 1. The number of hydrogen-bond acceptors (Lipinski definition) is 4. The van der Waals surface area contributed by atoms with Crippen molar-refractivity contribution in [1.82, 2.24) is 4.90 Å². The van der Waals surface area contributed by atoms with Gasteiger partial charge in [-0.25, -0.2) is 4.39 Å². The number of hydrogen-bond donors (Lipinski definition) is 1. The van der Waals surface area contributed by atoms with Crippen LogP contribution in [0.25, 0.3) is 0 Å². The number of rotatable bonds is 8. The van der Waals surface area contributed by atoms with E-state index in [0.717, 1.165) is 42.6 Å². The molecule has 1 amide bonds. The Balaban J connectivity index is 1.36. The Morgan fingerprint density at radius 2 is 1.82 bits per heavy atom. The van der Waals surface area contributed by atoms with Crippen molar-refractivity contribution in [2.45, 2.75) is 51.5 Å². The quantitative estimate of drug-likeness (QED) is 0.445. The number of nitroso groups, excluding NO2 is 1. The fourth-order valence-corrected chi connectivity index (χ4v) is 4.40. The van der Waals surface area contributed by atoms with Gasteiger partial charge in [0.2, 0.25) is 0 Å². The van der Waals surface area contributed by atoms with Gasteiger partial charge in [0.15, 0.2) is 12.8 Å². The van der Waals surface area contributed by atoms with E-state index in [-0.39, 0.29) is 17.5 Å². The number of carbonyl (C=O) groups excluding carboxylic acids is 2. The predicted molar refractivity (Wildman–Crippen MR) is 126 cm³/mol.